The van der Waals surface area contributed by atoms with E-state index in [1.807, 2.05) is 18.2 Å². The molecule has 5 rings (SSSR count). The molecule has 202 valence electrons. The highest BCUT2D eigenvalue weighted by Gasteiger charge is 2.25. The van der Waals surface area contributed by atoms with Gasteiger partial charge < -0.3 is 19.5 Å². The summed E-state index contributed by atoms with van der Waals surface area (Å²) < 4.78 is 43.2. The molecule has 0 radical (unpaired) electrons. The molecule has 39 heavy (non-hydrogen) atoms. The molecule has 9 nitrogen and oxygen atoms in total. The van der Waals surface area contributed by atoms with Crippen LogP contribution in [0, 0.1) is 5.92 Å². The molecule has 1 aromatic heterocycles. The second kappa shape index (κ2) is 11.4. The highest BCUT2D eigenvalue weighted by atomic mass is 32.2. The highest BCUT2D eigenvalue weighted by Crippen LogP contribution is 2.30. The van der Waals surface area contributed by atoms with Crippen molar-refractivity contribution in [3.8, 4) is 11.5 Å². The standard InChI is InChI=1S/C29H29N3O6S/c1-36-22-14-21(15-23(16-22)37-2)30-29-27(31-25-8-3-4-9-26(25)32-29)18-39(34,35)24-7-5-6-19(12-24)13-28(33)20-10-11-38-17-20/h3-9,12,14-16,20H,10-11,13,17-18H2,1-2H3,(H,30,32). The summed E-state index contributed by atoms with van der Waals surface area (Å²) in [5, 5.41) is 3.20. The Bertz CT molecular complexity index is 1590. The number of nitrogens with one attached hydrogen (secondary N) is 1. The Balaban J connectivity index is 1.47. The normalized spacial score (nSPS) is 15.3. The molecule has 1 atom stereocenters. The first kappa shape index (κ1) is 26.6. The van der Waals surface area contributed by atoms with Gasteiger partial charge in [0.1, 0.15) is 23.0 Å². The van der Waals surface area contributed by atoms with Crippen molar-refractivity contribution in [2.45, 2.75) is 23.5 Å². The van der Waals surface area contributed by atoms with Crippen LogP contribution in [0.2, 0.25) is 0 Å². The van der Waals surface area contributed by atoms with Gasteiger partial charge in [0, 0.05) is 42.8 Å². The number of hydrogen-bond donors (Lipinski definition) is 1. The van der Waals surface area contributed by atoms with Crippen molar-refractivity contribution in [1.82, 2.24) is 9.97 Å². The van der Waals surface area contributed by atoms with Gasteiger partial charge in [-0.25, -0.2) is 18.4 Å². The molecule has 3 aromatic carbocycles. The van der Waals surface area contributed by atoms with E-state index < -0.39 is 9.84 Å². The maximum atomic E-state index is 13.6. The van der Waals surface area contributed by atoms with Crippen molar-refractivity contribution in [2.75, 3.05) is 32.8 Å². The monoisotopic (exact) mass is 547 g/mol. The van der Waals surface area contributed by atoms with E-state index in [9.17, 15) is 13.2 Å². The van der Waals surface area contributed by atoms with Crippen LogP contribution in [0.5, 0.6) is 11.5 Å². The Kier molecular flexibility index (Phi) is 7.76. The summed E-state index contributed by atoms with van der Waals surface area (Å²) in [6.07, 6.45) is 0.865. The average Bonchev–Trinajstić information content (AvgIpc) is 3.48. The minimum atomic E-state index is -3.83. The van der Waals surface area contributed by atoms with Gasteiger partial charge in [0.05, 0.1) is 42.4 Å². The van der Waals surface area contributed by atoms with E-state index in [4.69, 9.17) is 14.2 Å². The molecule has 1 N–H and O–H groups in total. The molecular formula is C29H29N3O6S. The van der Waals surface area contributed by atoms with Crippen molar-refractivity contribution >= 4 is 38.2 Å². The Morgan fingerprint density at radius 3 is 2.36 bits per heavy atom. The second-order valence-corrected chi connectivity index (χ2v) is 11.3. The molecule has 0 spiro atoms. The van der Waals surface area contributed by atoms with Gasteiger partial charge in [-0.15, -0.1) is 0 Å². The van der Waals surface area contributed by atoms with Crippen LogP contribution in [0.1, 0.15) is 17.7 Å². The Morgan fingerprint density at radius 1 is 0.974 bits per heavy atom. The number of Topliss-reactive ketones (excluding diaryl/α,β-unsaturated/α-hetero) is 1. The fourth-order valence-electron chi connectivity index (χ4n) is 4.50. The van der Waals surface area contributed by atoms with Crippen LogP contribution in [0.25, 0.3) is 11.0 Å². The summed E-state index contributed by atoms with van der Waals surface area (Å²) in [5.74, 6) is 0.970. The van der Waals surface area contributed by atoms with Gasteiger partial charge in [0.25, 0.3) is 0 Å². The lowest BCUT2D eigenvalue weighted by molar-refractivity contribution is -0.122. The third-order valence-electron chi connectivity index (χ3n) is 6.60. The van der Waals surface area contributed by atoms with Crippen LogP contribution in [-0.2, 0) is 31.5 Å². The number of para-hydroxylation sites is 2. The first-order valence-electron chi connectivity index (χ1n) is 12.5. The van der Waals surface area contributed by atoms with E-state index >= 15 is 0 Å². The van der Waals surface area contributed by atoms with Crippen LogP contribution in [0.3, 0.4) is 0 Å². The van der Waals surface area contributed by atoms with Gasteiger partial charge in [-0.05, 0) is 36.2 Å². The van der Waals surface area contributed by atoms with Crippen LogP contribution in [0.15, 0.2) is 71.6 Å². The van der Waals surface area contributed by atoms with Gasteiger partial charge in [0.15, 0.2) is 15.7 Å². The van der Waals surface area contributed by atoms with Crippen LogP contribution in [-0.4, -0.2) is 51.6 Å². The third kappa shape index (κ3) is 6.18. The predicted octanol–water partition coefficient (Wildman–Crippen LogP) is 4.51. The number of ether oxygens (including phenoxy) is 3. The number of fused-ring (bicyclic) bond motifs is 1. The van der Waals surface area contributed by atoms with Crippen molar-refractivity contribution in [2.24, 2.45) is 5.92 Å². The zero-order valence-electron chi connectivity index (χ0n) is 21.7. The lowest BCUT2D eigenvalue weighted by atomic mass is 9.97. The van der Waals surface area contributed by atoms with Gasteiger partial charge in [-0.1, -0.05) is 24.3 Å². The van der Waals surface area contributed by atoms with Gasteiger partial charge in [-0.2, -0.15) is 0 Å². The number of methoxy groups -OCH3 is 2. The number of aromatic nitrogens is 2. The van der Waals surface area contributed by atoms with Gasteiger partial charge in [-0.3, -0.25) is 4.79 Å². The Morgan fingerprint density at radius 2 is 1.69 bits per heavy atom. The van der Waals surface area contributed by atoms with E-state index in [-0.39, 0.29) is 34.5 Å². The minimum absolute atomic E-state index is 0.0580. The molecule has 10 heteroatoms. The number of hydrogen-bond acceptors (Lipinski definition) is 9. The number of nitrogens with zero attached hydrogens (tertiary/aromatic N) is 2. The molecule has 0 amide bonds. The number of carbonyl (C=O) groups is 1. The summed E-state index contributed by atoms with van der Waals surface area (Å²) in [5.41, 5.74) is 2.72. The van der Waals surface area contributed by atoms with E-state index in [2.05, 4.69) is 15.3 Å². The molecular weight excluding hydrogens is 518 g/mol. The number of benzene rings is 3. The van der Waals surface area contributed by atoms with Crippen molar-refractivity contribution in [3.63, 3.8) is 0 Å². The van der Waals surface area contributed by atoms with Gasteiger partial charge >= 0.3 is 0 Å². The predicted molar refractivity (Wildman–Crippen MR) is 147 cm³/mol. The maximum Gasteiger partial charge on any atom is 0.184 e. The van der Waals surface area contributed by atoms with E-state index in [1.54, 1.807) is 56.7 Å². The van der Waals surface area contributed by atoms with Crippen LogP contribution in [0.4, 0.5) is 11.5 Å². The van der Waals surface area contributed by atoms with Crippen LogP contribution >= 0.6 is 0 Å². The maximum absolute atomic E-state index is 13.6. The smallest absolute Gasteiger partial charge is 0.184 e. The molecule has 2 heterocycles. The molecule has 0 saturated carbocycles. The largest absolute Gasteiger partial charge is 0.497 e. The number of carbonyl (C=O) groups excluding carboxylic acids is 1. The van der Waals surface area contributed by atoms with Crippen molar-refractivity contribution in [1.29, 1.82) is 0 Å². The third-order valence-corrected chi connectivity index (χ3v) is 8.23. The van der Waals surface area contributed by atoms with Gasteiger partial charge in [0.2, 0.25) is 0 Å². The summed E-state index contributed by atoms with van der Waals surface area (Å²) in [7, 11) is -0.725. The highest BCUT2D eigenvalue weighted by molar-refractivity contribution is 7.90. The summed E-state index contributed by atoms with van der Waals surface area (Å²) >= 11 is 0. The lowest BCUT2D eigenvalue weighted by Gasteiger charge is -2.14. The van der Waals surface area contributed by atoms with E-state index in [0.717, 1.165) is 0 Å². The molecule has 1 saturated heterocycles. The fourth-order valence-corrected chi connectivity index (χ4v) is 5.84. The van der Waals surface area contributed by atoms with E-state index in [1.165, 1.54) is 6.07 Å². The zero-order valence-corrected chi connectivity index (χ0v) is 22.5. The second-order valence-electron chi connectivity index (χ2n) is 9.34. The number of anilines is 2. The minimum Gasteiger partial charge on any atom is -0.497 e. The molecule has 1 unspecified atom stereocenters. The lowest BCUT2D eigenvalue weighted by Crippen LogP contribution is -2.17. The summed E-state index contributed by atoms with van der Waals surface area (Å²) in [4.78, 5) is 22.1. The summed E-state index contributed by atoms with van der Waals surface area (Å²) in [6, 6.07) is 19.1. The topological polar surface area (TPSA) is 117 Å². The molecule has 1 aliphatic rings. The Hall–Kier alpha value is -4.02. The quantitative estimate of drug-likeness (QED) is 0.306. The Labute approximate surface area is 227 Å². The molecule has 4 aromatic rings. The van der Waals surface area contributed by atoms with Crippen molar-refractivity contribution < 1.29 is 27.4 Å². The average molecular weight is 548 g/mol. The summed E-state index contributed by atoms with van der Waals surface area (Å²) in [6.45, 7) is 1.00. The number of ketones is 1. The molecule has 0 bridgehead atoms. The fraction of sp³-hybridized carbons (Fsp3) is 0.276. The molecule has 0 aliphatic carbocycles. The number of sulfone groups is 1. The molecule has 1 aliphatic heterocycles. The van der Waals surface area contributed by atoms with Crippen molar-refractivity contribution in [3.05, 3.63) is 78.0 Å². The first-order chi connectivity index (χ1) is 18.8. The SMILES string of the molecule is COc1cc(Nc2nc3ccccc3nc2CS(=O)(=O)c2cccc(CC(=O)C3CCOC3)c2)cc(OC)c1. The zero-order chi connectivity index (χ0) is 27.4. The molecule has 1 fully saturated rings. The van der Waals surface area contributed by atoms with E-state index in [0.29, 0.717) is 59.2 Å². The number of rotatable bonds is 10. The first-order valence-corrected chi connectivity index (χ1v) is 14.2. The van der Waals surface area contributed by atoms with Crippen LogP contribution < -0.4 is 14.8 Å².